The van der Waals surface area contributed by atoms with E-state index in [1.54, 1.807) is 0 Å². The van der Waals surface area contributed by atoms with Crippen LogP contribution >= 0.6 is 0 Å². The first-order valence-electron chi connectivity index (χ1n) is 5.86. The van der Waals surface area contributed by atoms with E-state index in [4.69, 9.17) is 0 Å². The third kappa shape index (κ3) is 5.04. The van der Waals surface area contributed by atoms with Gasteiger partial charge in [0.25, 0.3) is 11.6 Å². The Kier molecular flexibility index (Phi) is 5.44. The van der Waals surface area contributed by atoms with E-state index in [2.05, 4.69) is 4.74 Å². The van der Waals surface area contributed by atoms with Crippen LogP contribution in [0.5, 0.6) is 0 Å². The van der Waals surface area contributed by atoms with E-state index in [1.165, 1.54) is 30.4 Å². The van der Waals surface area contributed by atoms with E-state index in [9.17, 15) is 32.9 Å². The highest BCUT2D eigenvalue weighted by atomic mass is 19.4. The van der Waals surface area contributed by atoms with Crippen LogP contribution in [0.3, 0.4) is 0 Å². The Hall–Kier alpha value is -2.65. The Morgan fingerprint density at radius 2 is 2.00 bits per heavy atom. The van der Waals surface area contributed by atoms with E-state index in [1.807, 2.05) is 0 Å². The number of nitro groups is 1. The van der Waals surface area contributed by atoms with E-state index < -0.39 is 36.1 Å². The first-order chi connectivity index (χ1) is 10.1. The lowest BCUT2D eigenvalue weighted by Gasteiger charge is -2.09. The molecule has 0 aliphatic carbocycles. The van der Waals surface area contributed by atoms with Gasteiger partial charge in [-0.2, -0.15) is 13.2 Å². The SMILES string of the molecule is Cc1c(C(=O)OCC(=O)NCC(F)(F)F)cccc1[N+](=O)[O-]. The van der Waals surface area contributed by atoms with Crippen molar-refractivity contribution in [3.8, 4) is 0 Å². The zero-order valence-corrected chi connectivity index (χ0v) is 11.3. The number of carbonyl (C=O) groups is 2. The van der Waals surface area contributed by atoms with E-state index in [-0.39, 0.29) is 16.8 Å². The third-order valence-electron chi connectivity index (χ3n) is 2.54. The molecule has 0 atom stereocenters. The Morgan fingerprint density at radius 1 is 1.36 bits per heavy atom. The van der Waals surface area contributed by atoms with Crippen molar-refractivity contribution in [2.75, 3.05) is 13.2 Å². The van der Waals surface area contributed by atoms with Gasteiger partial charge in [-0.25, -0.2) is 4.79 Å². The Morgan fingerprint density at radius 3 is 2.55 bits per heavy atom. The summed E-state index contributed by atoms with van der Waals surface area (Å²) >= 11 is 0. The fraction of sp³-hybridized carbons (Fsp3) is 0.333. The van der Waals surface area contributed by atoms with Gasteiger partial charge in [-0.05, 0) is 13.0 Å². The lowest BCUT2D eigenvalue weighted by molar-refractivity contribution is -0.385. The number of rotatable bonds is 5. The van der Waals surface area contributed by atoms with E-state index >= 15 is 0 Å². The second-order valence-electron chi connectivity index (χ2n) is 4.17. The molecular weight excluding hydrogens is 309 g/mol. The number of nitro benzene ring substituents is 1. The fourth-order valence-electron chi connectivity index (χ4n) is 1.50. The molecule has 0 heterocycles. The summed E-state index contributed by atoms with van der Waals surface area (Å²) in [6.45, 7) is -1.14. The predicted octanol–water partition coefficient (Wildman–Crippen LogP) is 1.74. The molecule has 0 unspecified atom stereocenters. The highest BCUT2D eigenvalue weighted by Gasteiger charge is 2.28. The lowest BCUT2D eigenvalue weighted by Crippen LogP contribution is -2.36. The van der Waals surface area contributed by atoms with Gasteiger partial charge in [0.1, 0.15) is 6.54 Å². The lowest BCUT2D eigenvalue weighted by atomic mass is 10.1. The average molecular weight is 320 g/mol. The maximum absolute atomic E-state index is 11.9. The number of esters is 1. The van der Waals surface area contributed by atoms with Crippen molar-refractivity contribution in [3.63, 3.8) is 0 Å². The molecule has 0 saturated carbocycles. The monoisotopic (exact) mass is 320 g/mol. The second-order valence-corrected chi connectivity index (χ2v) is 4.17. The van der Waals surface area contributed by atoms with Crippen molar-refractivity contribution >= 4 is 17.6 Å². The van der Waals surface area contributed by atoms with Crippen LogP contribution < -0.4 is 5.32 Å². The van der Waals surface area contributed by atoms with Crippen LogP contribution in [0.15, 0.2) is 18.2 Å². The van der Waals surface area contributed by atoms with Crippen molar-refractivity contribution < 1.29 is 32.4 Å². The molecule has 10 heteroatoms. The largest absolute Gasteiger partial charge is 0.452 e. The summed E-state index contributed by atoms with van der Waals surface area (Å²) in [6, 6.07) is 3.69. The summed E-state index contributed by atoms with van der Waals surface area (Å²) in [4.78, 5) is 32.8. The van der Waals surface area contributed by atoms with Gasteiger partial charge in [0.2, 0.25) is 0 Å². The summed E-state index contributed by atoms with van der Waals surface area (Å²) in [7, 11) is 0. The molecule has 0 aromatic heterocycles. The van der Waals surface area contributed by atoms with Crippen LogP contribution in [0.2, 0.25) is 0 Å². The number of amides is 1. The van der Waals surface area contributed by atoms with Gasteiger partial charge < -0.3 is 10.1 Å². The van der Waals surface area contributed by atoms with Crippen molar-refractivity contribution in [2.24, 2.45) is 0 Å². The topological polar surface area (TPSA) is 98.5 Å². The highest BCUT2D eigenvalue weighted by Crippen LogP contribution is 2.21. The minimum atomic E-state index is -4.57. The van der Waals surface area contributed by atoms with E-state index in [0.29, 0.717) is 0 Å². The maximum Gasteiger partial charge on any atom is 0.405 e. The molecule has 1 rings (SSSR count). The standard InChI is InChI=1S/C12H11F3N2O5/c1-7-8(3-2-4-9(7)17(20)21)11(19)22-5-10(18)16-6-12(13,14)15/h2-4H,5-6H2,1H3,(H,16,18). The number of ether oxygens (including phenoxy) is 1. The Balaban J connectivity index is 2.65. The Bertz CT molecular complexity index is 601. The molecule has 0 saturated heterocycles. The normalized spacial score (nSPS) is 10.9. The average Bonchev–Trinajstić information content (AvgIpc) is 2.41. The van der Waals surface area contributed by atoms with Gasteiger partial charge in [0.15, 0.2) is 6.61 Å². The first kappa shape index (κ1) is 17.4. The first-order valence-corrected chi connectivity index (χ1v) is 5.86. The summed E-state index contributed by atoms with van der Waals surface area (Å²) in [5.74, 6) is -2.17. The molecule has 0 spiro atoms. The van der Waals surface area contributed by atoms with Gasteiger partial charge >= 0.3 is 12.1 Å². The molecule has 1 N–H and O–H groups in total. The van der Waals surface area contributed by atoms with Crippen LogP contribution in [-0.4, -0.2) is 36.1 Å². The quantitative estimate of drug-likeness (QED) is 0.506. The fourth-order valence-corrected chi connectivity index (χ4v) is 1.50. The van der Waals surface area contributed by atoms with Gasteiger partial charge in [-0.15, -0.1) is 0 Å². The van der Waals surface area contributed by atoms with Gasteiger partial charge in [-0.1, -0.05) is 6.07 Å². The molecule has 0 aliphatic rings. The van der Waals surface area contributed by atoms with Gasteiger partial charge in [0.05, 0.1) is 10.5 Å². The second kappa shape index (κ2) is 6.87. The van der Waals surface area contributed by atoms with Crippen molar-refractivity contribution in [2.45, 2.75) is 13.1 Å². The number of nitrogens with zero attached hydrogens (tertiary/aromatic N) is 1. The molecular formula is C12H11F3N2O5. The summed E-state index contributed by atoms with van der Waals surface area (Å²) < 4.78 is 40.1. The number of hydrogen-bond acceptors (Lipinski definition) is 5. The molecule has 0 aliphatic heterocycles. The van der Waals surface area contributed by atoms with E-state index in [0.717, 1.165) is 0 Å². The number of hydrogen-bond donors (Lipinski definition) is 1. The molecule has 1 amide bonds. The van der Waals surface area contributed by atoms with Crippen LogP contribution in [-0.2, 0) is 9.53 Å². The van der Waals surface area contributed by atoms with Gasteiger partial charge in [0, 0.05) is 11.6 Å². The van der Waals surface area contributed by atoms with Crippen LogP contribution in [0, 0.1) is 17.0 Å². The zero-order valence-electron chi connectivity index (χ0n) is 11.3. The zero-order chi connectivity index (χ0) is 16.9. The highest BCUT2D eigenvalue weighted by molar-refractivity contribution is 5.93. The molecule has 120 valence electrons. The number of benzene rings is 1. The van der Waals surface area contributed by atoms with Crippen molar-refractivity contribution in [1.29, 1.82) is 0 Å². The maximum atomic E-state index is 11.9. The summed E-state index contributed by atoms with van der Waals surface area (Å²) in [6.07, 6.45) is -4.57. The molecule has 1 aromatic carbocycles. The smallest absolute Gasteiger partial charge is 0.405 e. The number of halogens is 3. The summed E-state index contributed by atoms with van der Waals surface area (Å²) in [5, 5.41) is 12.2. The number of alkyl halides is 3. The van der Waals surface area contributed by atoms with Crippen LogP contribution in [0.1, 0.15) is 15.9 Å². The predicted molar refractivity (Wildman–Crippen MR) is 67.2 cm³/mol. The molecule has 7 nitrogen and oxygen atoms in total. The minimum absolute atomic E-state index is 0.0354. The third-order valence-corrected chi connectivity index (χ3v) is 2.54. The van der Waals surface area contributed by atoms with Crippen LogP contribution in [0.4, 0.5) is 18.9 Å². The van der Waals surface area contributed by atoms with Crippen LogP contribution in [0.25, 0.3) is 0 Å². The molecule has 1 aromatic rings. The molecule has 22 heavy (non-hydrogen) atoms. The van der Waals surface area contributed by atoms with Crippen molar-refractivity contribution in [1.82, 2.24) is 5.32 Å². The summed E-state index contributed by atoms with van der Waals surface area (Å²) in [5.41, 5.74) is -0.415. The molecule has 0 radical (unpaired) electrons. The molecule has 0 fully saturated rings. The minimum Gasteiger partial charge on any atom is -0.452 e. The van der Waals surface area contributed by atoms with Crippen molar-refractivity contribution in [3.05, 3.63) is 39.4 Å². The number of nitrogens with one attached hydrogen (secondary N) is 1. The van der Waals surface area contributed by atoms with Gasteiger partial charge in [-0.3, -0.25) is 14.9 Å². The Labute approximate surface area is 122 Å². The molecule has 0 bridgehead atoms. The number of carbonyl (C=O) groups excluding carboxylic acids is 2.